The van der Waals surface area contributed by atoms with Crippen molar-refractivity contribution in [2.45, 2.75) is 19.4 Å². The molecule has 0 spiro atoms. The van der Waals surface area contributed by atoms with Gasteiger partial charge in [0.15, 0.2) is 0 Å². The molecule has 5 heteroatoms. The molecule has 0 saturated heterocycles. The summed E-state index contributed by atoms with van der Waals surface area (Å²) >= 11 is 6.12. The highest BCUT2D eigenvalue weighted by Crippen LogP contribution is 2.27. The largest absolute Gasteiger partial charge is 0.311 e. The molecule has 0 bridgehead atoms. The summed E-state index contributed by atoms with van der Waals surface area (Å²) in [7, 11) is 0. The maximum atomic E-state index is 6.12. The third-order valence-corrected chi connectivity index (χ3v) is 3.40. The quantitative estimate of drug-likeness (QED) is 0.900. The van der Waals surface area contributed by atoms with Crippen LogP contribution in [0.2, 0.25) is 5.02 Å². The summed E-state index contributed by atoms with van der Waals surface area (Å²) in [6.45, 7) is 1.85. The first kappa shape index (κ1) is 11.7. The van der Waals surface area contributed by atoms with Crippen molar-refractivity contribution in [3.05, 3.63) is 41.2 Å². The number of nitrogens with zero attached hydrogens (tertiary/aromatic N) is 3. The number of halogens is 1. The molecular formula is C13H15ClN4. The molecule has 0 aliphatic heterocycles. The van der Waals surface area contributed by atoms with E-state index < -0.39 is 0 Å². The fourth-order valence-corrected chi connectivity index (χ4v) is 2.08. The van der Waals surface area contributed by atoms with Gasteiger partial charge in [-0.25, -0.2) is 4.68 Å². The highest BCUT2D eigenvalue weighted by atomic mass is 35.5. The molecule has 94 valence electrons. The van der Waals surface area contributed by atoms with E-state index in [1.807, 2.05) is 30.5 Å². The second-order valence-electron chi connectivity index (χ2n) is 4.68. The minimum absolute atomic E-state index is 0.680. The summed E-state index contributed by atoms with van der Waals surface area (Å²) in [6.07, 6.45) is 4.64. The monoisotopic (exact) mass is 262 g/mol. The van der Waals surface area contributed by atoms with Crippen LogP contribution in [0.25, 0.3) is 5.69 Å². The van der Waals surface area contributed by atoms with Crippen molar-refractivity contribution in [2.24, 2.45) is 5.92 Å². The van der Waals surface area contributed by atoms with Crippen molar-refractivity contribution in [1.29, 1.82) is 0 Å². The molecule has 0 radical (unpaired) electrons. The molecular weight excluding hydrogens is 248 g/mol. The molecule has 0 unspecified atom stereocenters. The van der Waals surface area contributed by atoms with E-state index in [0.29, 0.717) is 5.02 Å². The summed E-state index contributed by atoms with van der Waals surface area (Å²) < 4.78 is 1.72. The molecule has 0 atom stereocenters. The molecule has 18 heavy (non-hydrogen) atoms. The van der Waals surface area contributed by atoms with Crippen LogP contribution in [0.5, 0.6) is 0 Å². The number of nitrogens with one attached hydrogen (secondary N) is 1. The SMILES string of the molecule is Clc1ccccc1-n1cc(CNCC2CC2)nn1. The lowest BCUT2D eigenvalue weighted by molar-refractivity contribution is 0.628. The number of aromatic nitrogens is 3. The zero-order valence-corrected chi connectivity index (χ0v) is 10.8. The minimum Gasteiger partial charge on any atom is -0.311 e. The third kappa shape index (κ3) is 2.71. The Hall–Kier alpha value is -1.39. The first-order valence-electron chi connectivity index (χ1n) is 6.20. The number of benzene rings is 1. The standard InChI is InChI=1S/C13H15ClN4/c14-12-3-1-2-4-13(12)18-9-11(16-17-18)8-15-7-10-5-6-10/h1-4,9-10,15H,5-8H2. The normalized spacial score (nSPS) is 14.9. The van der Waals surface area contributed by atoms with Crippen LogP contribution in [-0.2, 0) is 6.54 Å². The van der Waals surface area contributed by atoms with E-state index in [1.54, 1.807) is 4.68 Å². The Morgan fingerprint density at radius 1 is 1.33 bits per heavy atom. The summed E-state index contributed by atoms with van der Waals surface area (Å²) in [5.41, 5.74) is 1.80. The first-order chi connectivity index (χ1) is 8.83. The Morgan fingerprint density at radius 3 is 2.94 bits per heavy atom. The molecule has 1 N–H and O–H groups in total. The van der Waals surface area contributed by atoms with Crippen LogP contribution in [0.3, 0.4) is 0 Å². The minimum atomic E-state index is 0.680. The average Bonchev–Trinajstić information content (AvgIpc) is 3.08. The molecule has 1 heterocycles. The van der Waals surface area contributed by atoms with E-state index in [-0.39, 0.29) is 0 Å². The van der Waals surface area contributed by atoms with Gasteiger partial charge in [-0.05, 0) is 37.4 Å². The van der Waals surface area contributed by atoms with E-state index in [0.717, 1.165) is 30.4 Å². The summed E-state index contributed by atoms with van der Waals surface area (Å²) in [6, 6.07) is 7.62. The maximum absolute atomic E-state index is 6.12. The molecule has 1 aliphatic rings. The van der Waals surface area contributed by atoms with Gasteiger partial charge in [-0.15, -0.1) is 5.10 Å². The van der Waals surface area contributed by atoms with E-state index in [2.05, 4.69) is 15.6 Å². The summed E-state index contributed by atoms with van der Waals surface area (Å²) in [4.78, 5) is 0. The Kier molecular flexibility index (Phi) is 3.30. The molecule has 0 amide bonds. The van der Waals surface area contributed by atoms with E-state index in [4.69, 9.17) is 11.6 Å². The topological polar surface area (TPSA) is 42.7 Å². The molecule has 1 aliphatic carbocycles. The van der Waals surface area contributed by atoms with Crippen LogP contribution in [0.15, 0.2) is 30.5 Å². The Labute approximate surface area is 111 Å². The van der Waals surface area contributed by atoms with E-state index in [1.165, 1.54) is 12.8 Å². The van der Waals surface area contributed by atoms with Gasteiger partial charge >= 0.3 is 0 Å². The fraction of sp³-hybridized carbons (Fsp3) is 0.385. The van der Waals surface area contributed by atoms with Crippen LogP contribution in [0, 0.1) is 5.92 Å². The van der Waals surface area contributed by atoms with Crippen molar-refractivity contribution in [2.75, 3.05) is 6.54 Å². The zero-order valence-electron chi connectivity index (χ0n) is 10.0. The van der Waals surface area contributed by atoms with Crippen molar-refractivity contribution in [1.82, 2.24) is 20.3 Å². The van der Waals surface area contributed by atoms with Crippen LogP contribution in [-0.4, -0.2) is 21.5 Å². The molecule has 4 nitrogen and oxygen atoms in total. The van der Waals surface area contributed by atoms with Crippen molar-refractivity contribution in [3.8, 4) is 5.69 Å². The molecule has 1 saturated carbocycles. The maximum Gasteiger partial charge on any atom is 0.0969 e. The van der Waals surface area contributed by atoms with Gasteiger partial charge in [-0.3, -0.25) is 0 Å². The lowest BCUT2D eigenvalue weighted by Crippen LogP contribution is -2.16. The van der Waals surface area contributed by atoms with Crippen molar-refractivity contribution < 1.29 is 0 Å². The van der Waals surface area contributed by atoms with Crippen LogP contribution in [0.4, 0.5) is 0 Å². The van der Waals surface area contributed by atoms with Gasteiger partial charge in [0.25, 0.3) is 0 Å². The van der Waals surface area contributed by atoms with Crippen LogP contribution >= 0.6 is 11.6 Å². The summed E-state index contributed by atoms with van der Waals surface area (Å²) in [5, 5.41) is 12.3. The van der Waals surface area contributed by atoms with E-state index >= 15 is 0 Å². The third-order valence-electron chi connectivity index (χ3n) is 3.08. The molecule has 1 fully saturated rings. The van der Waals surface area contributed by atoms with Crippen LogP contribution < -0.4 is 5.32 Å². The highest BCUT2D eigenvalue weighted by Gasteiger charge is 2.20. The van der Waals surface area contributed by atoms with Gasteiger partial charge in [0, 0.05) is 6.54 Å². The van der Waals surface area contributed by atoms with Gasteiger partial charge in [0.1, 0.15) is 0 Å². The highest BCUT2D eigenvalue weighted by molar-refractivity contribution is 6.32. The first-order valence-corrected chi connectivity index (χ1v) is 6.57. The molecule has 3 rings (SSSR count). The molecule has 1 aromatic carbocycles. The second-order valence-corrected chi connectivity index (χ2v) is 5.09. The van der Waals surface area contributed by atoms with Crippen molar-refractivity contribution >= 4 is 11.6 Å². The number of hydrogen-bond donors (Lipinski definition) is 1. The lowest BCUT2D eigenvalue weighted by Gasteiger charge is -2.01. The second kappa shape index (κ2) is 5.08. The number of para-hydroxylation sites is 1. The van der Waals surface area contributed by atoms with Gasteiger partial charge < -0.3 is 5.32 Å². The van der Waals surface area contributed by atoms with Crippen LogP contribution in [0.1, 0.15) is 18.5 Å². The Balaban J connectivity index is 1.66. The van der Waals surface area contributed by atoms with Gasteiger partial charge in [-0.2, -0.15) is 0 Å². The molecule has 2 aromatic rings. The Bertz CT molecular complexity index is 533. The fourth-order valence-electron chi connectivity index (χ4n) is 1.86. The number of rotatable bonds is 5. The predicted octanol–water partition coefficient (Wildman–Crippen LogP) is 2.42. The molecule has 1 aromatic heterocycles. The van der Waals surface area contributed by atoms with Crippen molar-refractivity contribution in [3.63, 3.8) is 0 Å². The lowest BCUT2D eigenvalue weighted by atomic mass is 10.3. The smallest absolute Gasteiger partial charge is 0.0969 e. The summed E-state index contributed by atoms with van der Waals surface area (Å²) in [5.74, 6) is 0.878. The average molecular weight is 263 g/mol. The van der Waals surface area contributed by atoms with Gasteiger partial charge in [0.05, 0.1) is 22.6 Å². The number of hydrogen-bond acceptors (Lipinski definition) is 3. The van der Waals surface area contributed by atoms with E-state index in [9.17, 15) is 0 Å². The van der Waals surface area contributed by atoms with Gasteiger partial charge in [-0.1, -0.05) is 28.9 Å². The zero-order chi connectivity index (χ0) is 12.4. The Morgan fingerprint density at radius 2 is 2.17 bits per heavy atom. The van der Waals surface area contributed by atoms with Gasteiger partial charge in [0.2, 0.25) is 0 Å². The predicted molar refractivity (Wildman–Crippen MR) is 70.8 cm³/mol.